The van der Waals surface area contributed by atoms with Gasteiger partial charge in [-0.1, -0.05) is 33.6 Å². The lowest BCUT2D eigenvalue weighted by Crippen LogP contribution is -2.16. The van der Waals surface area contributed by atoms with Crippen LogP contribution in [0.3, 0.4) is 0 Å². The van der Waals surface area contributed by atoms with E-state index in [0.29, 0.717) is 10.8 Å². The Balaban J connectivity index is 2.50. The molecule has 0 spiro atoms. The van der Waals surface area contributed by atoms with E-state index in [1.54, 1.807) is 6.07 Å². The lowest BCUT2D eigenvalue weighted by atomic mass is 10.0. The SMILES string of the molecule is O=CC[C@@H](Nc1cc(Cl)ncc1[N+](=O)[O-])c1c(Br)cccc1OC(F)F. The van der Waals surface area contributed by atoms with Gasteiger partial charge in [-0.25, -0.2) is 4.98 Å². The van der Waals surface area contributed by atoms with Crippen molar-refractivity contribution in [3.63, 3.8) is 0 Å². The van der Waals surface area contributed by atoms with Crippen LogP contribution in [-0.4, -0.2) is 22.8 Å². The van der Waals surface area contributed by atoms with E-state index in [1.807, 2.05) is 0 Å². The number of pyridine rings is 1. The molecular formula is C15H11BrClF2N3O4. The van der Waals surface area contributed by atoms with Crippen molar-refractivity contribution >= 4 is 45.2 Å². The number of nitro groups is 1. The van der Waals surface area contributed by atoms with E-state index in [9.17, 15) is 23.7 Å². The Morgan fingerprint density at radius 2 is 2.19 bits per heavy atom. The molecule has 1 N–H and O–H groups in total. The zero-order valence-corrected chi connectivity index (χ0v) is 15.2. The molecule has 0 unspecified atom stereocenters. The van der Waals surface area contributed by atoms with Gasteiger partial charge in [0.25, 0.3) is 0 Å². The number of aldehydes is 1. The van der Waals surface area contributed by atoms with Crippen LogP contribution in [0.5, 0.6) is 5.75 Å². The fourth-order valence-corrected chi connectivity index (χ4v) is 3.05. The van der Waals surface area contributed by atoms with E-state index in [4.69, 9.17) is 11.6 Å². The van der Waals surface area contributed by atoms with Gasteiger partial charge in [0, 0.05) is 22.5 Å². The number of carbonyl (C=O) groups is 1. The van der Waals surface area contributed by atoms with Crippen molar-refractivity contribution in [2.75, 3.05) is 5.32 Å². The van der Waals surface area contributed by atoms with Crippen LogP contribution < -0.4 is 10.1 Å². The maximum absolute atomic E-state index is 12.7. The number of alkyl halides is 2. The second-order valence-corrected chi connectivity index (χ2v) is 6.15. The van der Waals surface area contributed by atoms with Gasteiger partial charge in [-0.05, 0) is 12.1 Å². The van der Waals surface area contributed by atoms with Gasteiger partial charge < -0.3 is 14.8 Å². The van der Waals surface area contributed by atoms with E-state index in [1.165, 1.54) is 18.2 Å². The van der Waals surface area contributed by atoms with Gasteiger partial charge >= 0.3 is 12.3 Å². The van der Waals surface area contributed by atoms with Crippen molar-refractivity contribution in [3.8, 4) is 5.75 Å². The molecule has 0 saturated carbocycles. The summed E-state index contributed by atoms with van der Waals surface area (Å²) >= 11 is 9.01. The predicted molar refractivity (Wildman–Crippen MR) is 93.7 cm³/mol. The Morgan fingerprint density at radius 3 is 2.81 bits per heavy atom. The fraction of sp³-hybridized carbons (Fsp3) is 0.200. The molecule has 0 aliphatic heterocycles. The number of carbonyl (C=O) groups excluding carboxylic acids is 1. The molecule has 1 atom stereocenters. The van der Waals surface area contributed by atoms with Crippen molar-refractivity contribution in [1.82, 2.24) is 4.98 Å². The smallest absolute Gasteiger partial charge is 0.387 e. The first-order valence-corrected chi connectivity index (χ1v) is 8.24. The van der Waals surface area contributed by atoms with Crippen molar-refractivity contribution < 1.29 is 23.2 Å². The normalized spacial score (nSPS) is 11.9. The molecule has 7 nitrogen and oxygen atoms in total. The summed E-state index contributed by atoms with van der Waals surface area (Å²) in [6.07, 6.45) is 1.34. The maximum Gasteiger partial charge on any atom is 0.387 e. The highest BCUT2D eigenvalue weighted by molar-refractivity contribution is 9.10. The van der Waals surface area contributed by atoms with E-state index in [2.05, 4.69) is 31.0 Å². The third-order valence-electron chi connectivity index (χ3n) is 3.29. The lowest BCUT2D eigenvalue weighted by Gasteiger charge is -2.22. The second kappa shape index (κ2) is 8.86. The number of anilines is 1. The third-order valence-corrected chi connectivity index (χ3v) is 4.18. The van der Waals surface area contributed by atoms with Crippen LogP contribution in [0.4, 0.5) is 20.2 Å². The molecule has 138 valence electrons. The monoisotopic (exact) mass is 449 g/mol. The first-order chi connectivity index (χ1) is 12.3. The standard InChI is InChI=1S/C15H11BrClF2N3O4/c16-8-2-1-3-12(26-15(18)19)14(8)9(4-5-23)21-10-6-13(17)20-7-11(10)22(24)25/h1-3,5-7,9,15H,4H2,(H,20,21)/t9-/m1/s1. The number of hydrogen-bond donors (Lipinski definition) is 1. The molecule has 11 heteroatoms. The number of nitrogens with one attached hydrogen (secondary N) is 1. The lowest BCUT2D eigenvalue weighted by molar-refractivity contribution is -0.384. The number of hydrogen-bond acceptors (Lipinski definition) is 6. The number of nitrogens with zero attached hydrogens (tertiary/aromatic N) is 2. The molecule has 0 aliphatic carbocycles. The third kappa shape index (κ3) is 4.85. The highest BCUT2D eigenvalue weighted by Gasteiger charge is 2.24. The quantitative estimate of drug-likeness (QED) is 0.270. The molecule has 1 aromatic heterocycles. The Hall–Kier alpha value is -2.33. The maximum atomic E-state index is 12.7. The van der Waals surface area contributed by atoms with Crippen molar-refractivity contribution in [2.45, 2.75) is 19.1 Å². The topological polar surface area (TPSA) is 94.4 Å². The Morgan fingerprint density at radius 1 is 1.46 bits per heavy atom. The predicted octanol–water partition coefficient (Wildman–Crippen LogP) is 4.75. The number of ether oxygens (including phenoxy) is 1. The van der Waals surface area contributed by atoms with E-state index < -0.39 is 17.6 Å². The highest BCUT2D eigenvalue weighted by Crippen LogP contribution is 2.38. The molecule has 2 aromatic rings. The van der Waals surface area contributed by atoms with Crippen LogP contribution in [0.1, 0.15) is 18.0 Å². The molecule has 0 aliphatic rings. The van der Waals surface area contributed by atoms with Crippen LogP contribution in [0, 0.1) is 10.1 Å². The van der Waals surface area contributed by atoms with Crippen LogP contribution in [0.2, 0.25) is 5.15 Å². The summed E-state index contributed by atoms with van der Waals surface area (Å²) in [4.78, 5) is 25.2. The van der Waals surface area contributed by atoms with E-state index >= 15 is 0 Å². The summed E-state index contributed by atoms with van der Waals surface area (Å²) in [5, 5.41) is 13.9. The largest absolute Gasteiger partial charge is 0.434 e. The van der Waals surface area contributed by atoms with Crippen LogP contribution in [0.15, 0.2) is 34.9 Å². The molecular weight excluding hydrogens is 440 g/mol. The molecule has 0 saturated heterocycles. The minimum Gasteiger partial charge on any atom is -0.434 e. The van der Waals surface area contributed by atoms with Gasteiger partial charge in [-0.3, -0.25) is 10.1 Å². The van der Waals surface area contributed by atoms with Crippen molar-refractivity contribution in [3.05, 3.63) is 55.8 Å². The zero-order chi connectivity index (χ0) is 19.3. The second-order valence-electron chi connectivity index (χ2n) is 4.91. The summed E-state index contributed by atoms with van der Waals surface area (Å²) < 4.78 is 30.3. The Kier molecular flexibility index (Phi) is 6.81. The summed E-state index contributed by atoms with van der Waals surface area (Å²) in [7, 11) is 0. The van der Waals surface area contributed by atoms with Gasteiger partial charge in [0.15, 0.2) is 0 Å². The van der Waals surface area contributed by atoms with Crippen LogP contribution in [-0.2, 0) is 4.79 Å². The van der Waals surface area contributed by atoms with Gasteiger partial charge in [-0.15, -0.1) is 0 Å². The molecule has 1 heterocycles. The van der Waals surface area contributed by atoms with Gasteiger partial charge in [0.1, 0.15) is 29.1 Å². The number of rotatable bonds is 8. The molecule has 0 fully saturated rings. The highest BCUT2D eigenvalue weighted by atomic mass is 79.9. The first-order valence-electron chi connectivity index (χ1n) is 7.06. The minimum absolute atomic E-state index is 0.0133. The number of halogens is 4. The van der Waals surface area contributed by atoms with Gasteiger partial charge in [-0.2, -0.15) is 8.78 Å². The van der Waals surface area contributed by atoms with Gasteiger partial charge in [0.2, 0.25) is 0 Å². The molecule has 0 bridgehead atoms. The summed E-state index contributed by atoms with van der Waals surface area (Å²) in [6.45, 7) is -3.08. The minimum atomic E-state index is -3.08. The first kappa shape index (κ1) is 20.0. The van der Waals surface area contributed by atoms with Crippen molar-refractivity contribution in [1.29, 1.82) is 0 Å². The Bertz CT molecular complexity index is 825. The van der Waals surface area contributed by atoms with E-state index in [-0.39, 0.29) is 34.3 Å². The fourth-order valence-electron chi connectivity index (χ4n) is 2.27. The van der Waals surface area contributed by atoms with Crippen molar-refractivity contribution in [2.24, 2.45) is 0 Å². The number of benzene rings is 1. The Labute approximate surface area is 159 Å². The van der Waals surface area contributed by atoms with Crippen LogP contribution >= 0.6 is 27.5 Å². The average Bonchev–Trinajstić information content (AvgIpc) is 2.54. The summed E-state index contributed by atoms with van der Waals surface area (Å²) in [5.74, 6) is -0.170. The summed E-state index contributed by atoms with van der Waals surface area (Å²) in [6, 6.07) is 4.67. The number of aromatic nitrogens is 1. The molecule has 2 rings (SSSR count). The molecule has 0 radical (unpaired) electrons. The van der Waals surface area contributed by atoms with Gasteiger partial charge in [0.05, 0.1) is 11.0 Å². The molecule has 26 heavy (non-hydrogen) atoms. The van der Waals surface area contributed by atoms with E-state index in [0.717, 1.165) is 6.20 Å². The summed E-state index contributed by atoms with van der Waals surface area (Å²) in [5.41, 5.74) is -0.184. The average molecular weight is 451 g/mol. The van der Waals surface area contributed by atoms with Crippen LogP contribution in [0.25, 0.3) is 0 Å². The molecule has 1 aromatic carbocycles. The molecule has 0 amide bonds. The zero-order valence-electron chi connectivity index (χ0n) is 12.9.